The van der Waals surface area contributed by atoms with Crippen molar-refractivity contribution in [1.82, 2.24) is 0 Å². The molecule has 4 rings (SSSR count). The number of Topliss-reactive ketones (excluding diaryl/α,β-unsaturated/α-hetero) is 1. The molecule has 0 saturated heterocycles. The zero-order valence-corrected chi connectivity index (χ0v) is 21.3. The molecule has 2 aromatic rings. The van der Waals surface area contributed by atoms with Crippen LogP contribution in [0.4, 0.5) is 11.4 Å². The van der Waals surface area contributed by atoms with E-state index in [1.54, 1.807) is 13.0 Å². The Hall–Kier alpha value is -3.33. The third kappa shape index (κ3) is 4.65. The van der Waals surface area contributed by atoms with Crippen LogP contribution in [0.15, 0.2) is 64.3 Å². The molecule has 1 N–H and O–H groups in total. The minimum atomic E-state index is -1.08. The Morgan fingerprint density at radius 1 is 1.23 bits per heavy atom. The smallest absolute Gasteiger partial charge is 0.317 e. The van der Waals surface area contributed by atoms with Crippen LogP contribution in [0.3, 0.4) is 0 Å². The van der Waals surface area contributed by atoms with Crippen LogP contribution in [0.1, 0.15) is 45.1 Å². The van der Waals surface area contributed by atoms with E-state index in [-0.39, 0.29) is 29.3 Å². The quantitative estimate of drug-likeness (QED) is 0.293. The lowest BCUT2D eigenvalue weighted by atomic mass is 9.66. The summed E-state index contributed by atoms with van der Waals surface area (Å²) < 4.78 is 6.22. The first-order valence-corrected chi connectivity index (χ1v) is 12.1. The number of carbonyl (C=O) groups excluding carboxylic acids is 2. The standard InChI is InChI=1S/C26H26BrN3O5/c1-4-35-25(32)23-21(15-8-10-16(27)11-9-15)22-19(13-26(2,3)14-20(22)31)29(24(23)28)17-6-5-7-18(12-17)30(33)34/h5-12,21,23,28H,4,13-14H2,1-3H3. The van der Waals surface area contributed by atoms with Crippen LogP contribution < -0.4 is 4.90 Å². The highest BCUT2D eigenvalue weighted by Crippen LogP contribution is 2.50. The maximum Gasteiger partial charge on any atom is 0.317 e. The summed E-state index contributed by atoms with van der Waals surface area (Å²) in [6, 6.07) is 13.3. The van der Waals surface area contributed by atoms with Gasteiger partial charge in [-0.15, -0.1) is 0 Å². The Kier molecular flexibility index (Phi) is 6.64. The van der Waals surface area contributed by atoms with Crippen molar-refractivity contribution in [3.05, 3.63) is 80.0 Å². The van der Waals surface area contributed by atoms with Crippen LogP contribution in [-0.4, -0.2) is 29.1 Å². The minimum Gasteiger partial charge on any atom is -0.465 e. The second-order valence-electron chi connectivity index (χ2n) is 9.56. The first kappa shape index (κ1) is 24.8. The normalized spacial score (nSPS) is 21.5. The van der Waals surface area contributed by atoms with Gasteiger partial charge in [-0.05, 0) is 42.5 Å². The van der Waals surface area contributed by atoms with Crippen LogP contribution in [-0.2, 0) is 14.3 Å². The number of nitro benzene ring substituents is 1. The Bertz CT molecular complexity index is 1250. The molecule has 1 heterocycles. The lowest BCUT2D eigenvalue weighted by molar-refractivity contribution is -0.384. The van der Waals surface area contributed by atoms with Gasteiger partial charge in [-0.3, -0.25) is 25.1 Å². The molecular weight excluding hydrogens is 514 g/mol. The number of allylic oxidation sites excluding steroid dienone is 2. The van der Waals surface area contributed by atoms with Gasteiger partial charge in [-0.25, -0.2) is 0 Å². The van der Waals surface area contributed by atoms with Crippen molar-refractivity contribution in [2.24, 2.45) is 11.3 Å². The van der Waals surface area contributed by atoms with E-state index in [1.165, 1.54) is 23.1 Å². The molecule has 0 fully saturated rings. The topological polar surface area (TPSA) is 114 Å². The van der Waals surface area contributed by atoms with E-state index < -0.39 is 22.7 Å². The van der Waals surface area contributed by atoms with E-state index in [2.05, 4.69) is 15.9 Å². The van der Waals surface area contributed by atoms with Gasteiger partial charge in [0.15, 0.2) is 5.78 Å². The van der Waals surface area contributed by atoms with Crippen LogP contribution in [0.25, 0.3) is 0 Å². The van der Waals surface area contributed by atoms with Crippen molar-refractivity contribution in [2.45, 2.75) is 39.5 Å². The molecule has 0 radical (unpaired) electrons. The van der Waals surface area contributed by atoms with Gasteiger partial charge in [0.1, 0.15) is 11.8 Å². The summed E-state index contributed by atoms with van der Waals surface area (Å²) in [4.78, 5) is 39.4. The first-order valence-electron chi connectivity index (χ1n) is 11.4. The maximum absolute atomic E-state index is 13.7. The Labute approximate surface area is 211 Å². The highest BCUT2D eigenvalue weighted by Gasteiger charge is 2.50. The van der Waals surface area contributed by atoms with Crippen LogP contribution in [0.2, 0.25) is 0 Å². The largest absolute Gasteiger partial charge is 0.465 e. The molecule has 182 valence electrons. The van der Waals surface area contributed by atoms with Gasteiger partial charge in [-0.2, -0.15) is 0 Å². The molecule has 2 unspecified atom stereocenters. The van der Waals surface area contributed by atoms with Gasteiger partial charge in [0, 0.05) is 40.2 Å². The molecular formula is C26H26BrN3O5. The average molecular weight is 540 g/mol. The molecule has 0 saturated carbocycles. The molecule has 0 amide bonds. The predicted molar refractivity (Wildman–Crippen MR) is 135 cm³/mol. The van der Waals surface area contributed by atoms with E-state index in [1.807, 2.05) is 38.1 Å². The van der Waals surface area contributed by atoms with Crippen LogP contribution in [0.5, 0.6) is 0 Å². The second-order valence-corrected chi connectivity index (χ2v) is 10.5. The molecule has 0 spiro atoms. The zero-order valence-electron chi connectivity index (χ0n) is 19.7. The van der Waals surface area contributed by atoms with Crippen molar-refractivity contribution in [2.75, 3.05) is 11.5 Å². The number of ketones is 1. The fourth-order valence-corrected chi connectivity index (χ4v) is 5.28. The number of esters is 1. The van der Waals surface area contributed by atoms with Gasteiger partial charge in [0.2, 0.25) is 0 Å². The van der Waals surface area contributed by atoms with Crippen molar-refractivity contribution >= 4 is 44.9 Å². The van der Waals surface area contributed by atoms with Crippen molar-refractivity contribution in [1.29, 1.82) is 5.41 Å². The highest BCUT2D eigenvalue weighted by atomic mass is 79.9. The number of amidine groups is 1. The van der Waals surface area contributed by atoms with Gasteiger partial charge in [0.05, 0.1) is 17.2 Å². The van der Waals surface area contributed by atoms with Gasteiger partial charge >= 0.3 is 5.97 Å². The number of nitrogens with zero attached hydrogens (tertiary/aromatic N) is 2. The third-order valence-electron chi connectivity index (χ3n) is 6.41. The molecule has 0 aromatic heterocycles. The molecule has 1 aliphatic carbocycles. The van der Waals surface area contributed by atoms with Gasteiger partial charge in [-0.1, -0.05) is 48.0 Å². The number of benzene rings is 2. The molecule has 9 heteroatoms. The number of rotatable bonds is 5. The van der Waals surface area contributed by atoms with Crippen LogP contribution >= 0.6 is 15.9 Å². The number of nitrogens with one attached hydrogen (secondary N) is 1. The number of halogens is 1. The number of anilines is 1. The maximum atomic E-state index is 13.7. The fraction of sp³-hybridized carbons (Fsp3) is 0.346. The Balaban J connectivity index is 2.01. The van der Waals surface area contributed by atoms with E-state index in [4.69, 9.17) is 10.1 Å². The third-order valence-corrected chi connectivity index (χ3v) is 6.94. The Morgan fingerprint density at radius 2 is 1.91 bits per heavy atom. The Morgan fingerprint density at radius 3 is 2.54 bits per heavy atom. The number of non-ortho nitro benzene ring substituents is 1. The molecule has 0 bridgehead atoms. The summed E-state index contributed by atoms with van der Waals surface area (Å²) in [5.41, 5.74) is 1.65. The number of hydrogen-bond acceptors (Lipinski definition) is 6. The average Bonchev–Trinajstić information content (AvgIpc) is 2.78. The summed E-state index contributed by atoms with van der Waals surface area (Å²) in [6.07, 6.45) is 0.770. The van der Waals surface area contributed by atoms with E-state index in [9.17, 15) is 19.7 Å². The fourth-order valence-electron chi connectivity index (χ4n) is 5.01. The number of carbonyl (C=O) groups is 2. The molecule has 2 atom stereocenters. The van der Waals surface area contributed by atoms with Crippen molar-refractivity contribution < 1.29 is 19.2 Å². The minimum absolute atomic E-state index is 0.0684. The predicted octanol–water partition coefficient (Wildman–Crippen LogP) is 5.76. The number of hydrogen-bond donors (Lipinski definition) is 1. The monoisotopic (exact) mass is 539 g/mol. The number of nitro groups is 1. The van der Waals surface area contributed by atoms with Gasteiger partial charge < -0.3 is 9.64 Å². The molecule has 35 heavy (non-hydrogen) atoms. The zero-order chi connectivity index (χ0) is 25.5. The highest BCUT2D eigenvalue weighted by molar-refractivity contribution is 9.10. The van der Waals surface area contributed by atoms with Crippen molar-refractivity contribution in [3.63, 3.8) is 0 Å². The number of ether oxygens (including phenoxy) is 1. The summed E-state index contributed by atoms with van der Waals surface area (Å²) in [5, 5.41) is 20.6. The summed E-state index contributed by atoms with van der Waals surface area (Å²) >= 11 is 3.43. The van der Waals surface area contributed by atoms with E-state index in [0.717, 1.165) is 10.0 Å². The van der Waals surface area contributed by atoms with E-state index >= 15 is 0 Å². The molecule has 2 aliphatic rings. The summed E-state index contributed by atoms with van der Waals surface area (Å²) in [7, 11) is 0. The molecule has 2 aromatic carbocycles. The van der Waals surface area contributed by atoms with Gasteiger partial charge in [0.25, 0.3) is 5.69 Å². The van der Waals surface area contributed by atoms with E-state index in [0.29, 0.717) is 29.8 Å². The summed E-state index contributed by atoms with van der Waals surface area (Å²) in [5.74, 6) is -2.55. The molecule has 1 aliphatic heterocycles. The lowest BCUT2D eigenvalue weighted by Crippen LogP contribution is -2.51. The first-order chi connectivity index (χ1) is 16.5. The lowest BCUT2D eigenvalue weighted by Gasteiger charge is -2.46. The van der Waals surface area contributed by atoms with Crippen molar-refractivity contribution in [3.8, 4) is 0 Å². The SMILES string of the molecule is CCOC(=O)C1C(=N)N(c2cccc([N+](=O)[O-])c2)C2=C(C(=O)CC(C)(C)C2)C1c1ccc(Br)cc1. The second kappa shape index (κ2) is 9.37. The van der Waals surface area contributed by atoms with Crippen LogP contribution in [0, 0.1) is 26.9 Å². The molecule has 8 nitrogen and oxygen atoms in total. The summed E-state index contributed by atoms with van der Waals surface area (Å²) in [6.45, 7) is 5.78.